The predicted octanol–water partition coefficient (Wildman–Crippen LogP) is 1.58. The van der Waals surface area contributed by atoms with E-state index in [0.717, 1.165) is 11.4 Å². The van der Waals surface area contributed by atoms with Crippen molar-refractivity contribution in [3.8, 4) is 5.75 Å². The Morgan fingerprint density at radius 1 is 1.43 bits per heavy atom. The zero-order valence-electron chi connectivity index (χ0n) is 8.15. The average molecular weight is 195 g/mol. The summed E-state index contributed by atoms with van der Waals surface area (Å²) in [6.07, 6.45) is 0. The van der Waals surface area contributed by atoms with Crippen molar-refractivity contribution in [1.82, 2.24) is 0 Å². The lowest BCUT2D eigenvalue weighted by Gasteiger charge is -2.10. The van der Waals surface area contributed by atoms with Gasteiger partial charge in [0.1, 0.15) is 11.8 Å². The van der Waals surface area contributed by atoms with E-state index in [1.54, 1.807) is 38.3 Å². The highest BCUT2D eigenvalue weighted by Gasteiger charge is 2.09. The van der Waals surface area contributed by atoms with Crippen LogP contribution in [0.15, 0.2) is 24.3 Å². The number of benzene rings is 1. The number of hydrogen-bond acceptors (Lipinski definition) is 3. The molecule has 1 rings (SSSR count). The van der Waals surface area contributed by atoms with E-state index in [0.29, 0.717) is 0 Å². The molecule has 76 valence electrons. The molecule has 1 aromatic carbocycles. The van der Waals surface area contributed by atoms with Crippen molar-refractivity contribution >= 4 is 11.7 Å². The zero-order chi connectivity index (χ0) is 10.6. The average Bonchev–Trinajstić information content (AvgIpc) is 2.19. The van der Waals surface area contributed by atoms with Gasteiger partial charge in [0.25, 0.3) is 0 Å². The lowest BCUT2D eigenvalue weighted by Crippen LogP contribution is -2.25. The molecule has 0 aliphatic rings. The fourth-order valence-corrected chi connectivity index (χ4v) is 0.999. The third-order valence-electron chi connectivity index (χ3n) is 1.84. The minimum absolute atomic E-state index is 0.594. The van der Waals surface area contributed by atoms with Gasteiger partial charge in [-0.1, -0.05) is 0 Å². The molecule has 1 aromatic rings. The van der Waals surface area contributed by atoms with Gasteiger partial charge in [0, 0.05) is 5.69 Å². The summed E-state index contributed by atoms with van der Waals surface area (Å²) < 4.78 is 4.98. The van der Waals surface area contributed by atoms with Crippen LogP contribution in [0, 0.1) is 0 Å². The maximum Gasteiger partial charge on any atom is 0.325 e. The monoisotopic (exact) mass is 195 g/mol. The van der Waals surface area contributed by atoms with E-state index in [4.69, 9.17) is 9.84 Å². The molecule has 0 fully saturated rings. The van der Waals surface area contributed by atoms with Crippen molar-refractivity contribution in [3.05, 3.63) is 24.3 Å². The normalized spacial score (nSPS) is 11.9. The smallest absolute Gasteiger partial charge is 0.325 e. The molecule has 4 heteroatoms. The Kier molecular flexibility index (Phi) is 3.34. The quantitative estimate of drug-likeness (QED) is 0.765. The summed E-state index contributed by atoms with van der Waals surface area (Å²) in [5, 5.41) is 11.5. The lowest BCUT2D eigenvalue weighted by molar-refractivity contribution is -0.137. The number of carboxylic acid groups (broad SMARTS) is 1. The van der Waals surface area contributed by atoms with Crippen LogP contribution in [0.1, 0.15) is 6.92 Å². The van der Waals surface area contributed by atoms with Gasteiger partial charge >= 0.3 is 5.97 Å². The van der Waals surface area contributed by atoms with E-state index in [1.165, 1.54) is 0 Å². The first-order chi connectivity index (χ1) is 6.63. The number of nitrogens with one attached hydrogen (secondary N) is 1. The molecule has 0 saturated heterocycles. The first-order valence-electron chi connectivity index (χ1n) is 4.27. The lowest BCUT2D eigenvalue weighted by atomic mass is 10.2. The summed E-state index contributed by atoms with van der Waals surface area (Å²) in [6, 6.07) is 6.51. The first-order valence-corrected chi connectivity index (χ1v) is 4.27. The van der Waals surface area contributed by atoms with Gasteiger partial charge in [-0.15, -0.1) is 0 Å². The molecule has 0 unspecified atom stereocenters. The minimum atomic E-state index is -0.874. The van der Waals surface area contributed by atoms with E-state index in [2.05, 4.69) is 5.32 Å². The van der Waals surface area contributed by atoms with Gasteiger partial charge in [-0.2, -0.15) is 0 Å². The van der Waals surface area contributed by atoms with E-state index in [9.17, 15) is 4.79 Å². The number of carbonyl (C=O) groups is 1. The fraction of sp³-hybridized carbons (Fsp3) is 0.300. The number of rotatable bonds is 4. The molecular weight excluding hydrogens is 182 g/mol. The van der Waals surface area contributed by atoms with Crippen LogP contribution in [0.25, 0.3) is 0 Å². The van der Waals surface area contributed by atoms with Crippen LogP contribution in [0.2, 0.25) is 0 Å². The highest BCUT2D eigenvalue weighted by atomic mass is 16.5. The number of anilines is 1. The highest BCUT2D eigenvalue weighted by Crippen LogP contribution is 2.15. The standard InChI is InChI=1S/C10H13NO3/c1-7(10(12)13)11-8-3-5-9(14-2)6-4-8/h3-7,11H,1-2H3,(H,12,13)/t7-/m0/s1. The molecule has 0 radical (unpaired) electrons. The first kappa shape index (κ1) is 10.4. The molecule has 4 nitrogen and oxygen atoms in total. The Labute approximate surface area is 82.5 Å². The highest BCUT2D eigenvalue weighted by molar-refractivity contribution is 5.76. The van der Waals surface area contributed by atoms with Crippen molar-refractivity contribution in [2.75, 3.05) is 12.4 Å². The molecule has 0 amide bonds. The van der Waals surface area contributed by atoms with Crippen molar-refractivity contribution in [2.24, 2.45) is 0 Å². The molecule has 1 atom stereocenters. The van der Waals surface area contributed by atoms with E-state index in [1.807, 2.05) is 0 Å². The fourth-order valence-electron chi connectivity index (χ4n) is 0.999. The minimum Gasteiger partial charge on any atom is -0.497 e. The van der Waals surface area contributed by atoms with Crippen LogP contribution < -0.4 is 10.1 Å². The summed E-state index contributed by atoms with van der Waals surface area (Å²) in [4.78, 5) is 10.5. The number of ether oxygens (including phenoxy) is 1. The molecule has 14 heavy (non-hydrogen) atoms. The van der Waals surface area contributed by atoms with Crippen LogP contribution in [0.5, 0.6) is 5.75 Å². The molecule has 0 bridgehead atoms. The second-order valence-electron chi connectivity index (χ2n) is 2.93. The van der Waals surface area contributed by atoms with Crippen LogP contribution in [0.4, 0.5) is 5.69 Å². The largest absolute Gasteiger partial charge is 0.497 e. The SMILES string of the molecule is COc1ccc(N[C@@H](C)C(=O)O)cc1. The van der Waals surface area contributed by atoms with Gasteiger partial charge < -0.3 is 15.2 Å². The van der Waals surface area contributed by atoms with Crippen molar-refractivity contribution in [1.29, 1.82) is 0 Å². The summed E-state index contributed by atoms with van der Waals surface area (Å²) in [5.41, 5.74) is 0.765. The molecule has 2 N–H and O–H groups in total. The van der Waals surface area contributed by atoms with Crippen LogP contribution in [0.3, 0.4) is 0 Å². The predicted molar refractivity (Wildman–Crippen MR) is 53.7 cm³/mol. The molecular formula is C10H13NO3. The van der Waals surface area contributed by atoms with Crippen molar-refractivity contribution < 1.29 is 14.6 Å². The van der Waals surface area contributed by atoms with Gasteiger partial charge in [-0.3, -0.25) is 4.79 Å². The Bertz CT molecular complexity index is 308. The Hall–Kier alpha value is -1.71. The van der Waals surface area contributed by atoms with Crippen LogP contribution in [-0.2, 0) is 4.79 Å². The number of methoxy groups -OCH3 is 1. The Morgan fingerprint density at radius 3 is 2.43 bits per heavy atom. The third kappa shape index (κ3) is 2.65. The molecule has 0 saturated carbocycles. The maximum absolute atomic E-state index is 10.5. The van der Waals surface area contributed by atoms with E-state index in [-0.39, 0.29) is 0 Å². The van der Waals surface area contributed by atoms with E-state index < -0.39 is 12.0 Å². The molecule has 0 aliphatic carbocycles. The number of aliphatic carboxylic acids is 1. The topological polar surface area (TPSA) is 58.6 Å². The summed E-state index contributed by atoms with van der Waals surface area (Å²) >= 11 is 0. The van der Waals surface area contributed by atoms with E-state index >= 15 is 0 Å². The number of carboxylic acids is 1. The molecule has 0 heterocycles. The number of hydrogen-bond donors (Lipinski definition) is 2. The van der Waals surface area contributed by atoms with Gasteiger partial charge in [0.2, 0.25) is 0 Å². The van der Waals surface area contributed by atoms with Crippen molar-refractivity contribution in [2.45, 2.75) is 13.0 Å². The van der Waals surface area contributed by atoms with Crippen molar-refractivity contribution in [3.63, 3.8) is 0 Å². The second-order valence-corrected chi connectivity index (χ2v) is 2.93. The maximum atomic E-state index is 10.5. The molecule has 0 aliphatic heterocycles. The van der Waals surface area contributed by atoms with Crippen LogP contribution >= 0.6 is 0 Å². The van der Waals surface area contributed by atoms with Crippen LogP contribution in [-0.4, -0.2) is 24.2 Å². The van der Waals surface area contributed by atoms with Gasteiger partial charge in [-0.25, -0.2) is 0 Å². The van der Waals surface area contributed by atoms with Gasteiger partial charge in [-0.05, 0) is 31.2 Å². The van der Waals surface area contributed by atoms with Gasteiger partial charge in [0.15, 0.2) is 0 Å². The van der Waals surface area contributed by atoms with Gasteiger partial charge in [0.05, 0.1) is 7.11 Å². The molecule has 0 spiro atoms. The third-order valence-corrected chi connectivity index (χ3v) is 1.84. The Morgan fingerprint density at radius 2 is 2.00 bits per heavy atom. The Balaban J connectivity index is 2.64. The zero-order valence-corrected chi connectivity index (χ0v) is 8.15. The second kappa shape index (κ2) is 4.50. The summed E-state index contributed by atoms with van der Waals surface area (Å²) in [7, 11) is 1.59. The molecule has 0 aromatic heterocycles. The summed E-state index contributed by atoms with van der Waals surface area (Å²) in [5.74, 6) is -0.126. The summed E-state index contributed by atoms with van der Waals surface area (Å²) in [6.45, 7) is 1.59.